The van der Waals surface area contributed by atoms with Crippen molar-refractivity contribution in [1.29, 1.82) is 0 Å². The normalized spacial score (nSPS) is 28.0. The molecule has 21 heavy (non-hydrogen) atoms. The Kier molecular flexibility index (Phi) is 3.32. The minimum atomic E-state index is -0.232. The third kappa shape index (κ3) is 2.31. The molecule has 1 saturated carbocycles. The summed E-state index contributed by atoms with van der Waals surface area (Å²) in [5.41, 5.74) is 1.62. The van der Waals surface area contributed by atoms with E-state index in [0.29, 0.717) is 18.2 Å². The molecule has 1 aliphatic carbocycles. The number of aliphatic hydroxyl groups excluding tert-OH is 1. The van der Waals surface area contributed by atoms with Crippen molar-refractivity contribution in [3.63, 3.8) is 0 Å². The number of hydrogen-bond acceptors (Lipinski definition) is 5. The van der Waals surface area contributed by atoms with Gasteiger partial charge < -0.3 is 10.0 Å². The summed E-state index contributed by atoms with van der Waals surface area (Å²) >= 11 is 3.15. The lowest BCUT2D eigenvalue weighted by molar-refractivity contribution is 0.0747. The molecule has 1 aliphatic heterocycles. The van der Waals surface area contributed by atoms with Crippen molar-refractivity contribution in [2.75, 3.05) is 13.1 Å². The Morgan fingerprint density at radius 3 is 3.00 bits per heavy atom. The van der Waals surface area contributed by atoms with Gasteiger partial charge in [-0.2, -0.15) is 11.3 Å². The molecule has 0 bridgehead atoms. The Hall–Kier alpha value is -1.24. The van der Waals surface area contributed by atoms with Gasteiger partial charge in [-0.3, -0.25) is 4.79 Å². The summed E-state index contributed by atoms with van der Waals surface area (Å²) in [5.74, 6) is 0.747. The van der Waals surface area contributed by atoms with Crippen LogP contribution in [0.15, 0.2) is 22.2 Å². The van der Waals surface area contributed by atoms with Crippen molar-refractivity contribution in [2.24, 2.45) is 11.8 Å². The zero-order valence-electron chi connectivity index (χ0n) is 11.4. The Bertz CT molecular complexity index is 652. The number of carbonyl (C=O) groups excluding carboxylic acids is 1. The van der Waals surface area contributed by atoms with Crippen LogP contribution in [0.3, 0.4) is 0 Å². The van der Waals surface area contributed by atoms with Crippen molar-refractivity contribution in [1.82, 2.24) is 9.88 Å². The van der Waals surface area contributed by atoms with Gasteiger partial charge in [-0.15, -0.1) is 11.3 Å². The molecule has 3 heterocycles. The van der Waals surface area contributed by atoms with Crippen molar-refractivity contribution < 1.29 is 9.90 Å². The van der Waals surface area contributed by atoms with Crippen molar-refractivity contribution in [3.05, 3.63) is 27.9 Å². The van der Waals surface area contributed by atoms with Crippen molar-refractivity contribution in [3.8, 4) is 10.6 Å². The number of nitrogens with zero attached hydrogens (tertiary/aromatic N) is 2. The fraction of sp³-hybridized carbons (Fsp3) is 0.467. The molecule has 2 aromatic heterocycles. The van der Waals surface area contributed by atoms with Gasteiger partial charge in [0.15, 0.2) is 0 Å². The van der Waals surface area contributed by atoms with E-state index < -0.39 is 0 Å². The first-order valence-corrected chi connectivity index (χ1v) is 9.00. The van der Waals surface area contributed by atoms with Crippen LogP contribution in [-0.4, -0.2) is 40.1 Å². The summed E-state index contributed by atoms with van der Waals surface area (Å²) in [7, 11) is 0. The van der Waals surface area contributed by atoms with Gasteiger partial charge in [0.2, 0.25) is 0 Å². The maximum absolute atomic E-state index is 12.6. The third-order valence-electron chi connectivity index (χ3n) is 4.60. The first kappa shape index (κ1) is 13.4. The summed E-state index contributed by atoms with van der Waals surface area (Å²) < 4.78 is 0. The quantitative estimate of drug-likeness (QED) is 0.925. The van der Waals surface area contributed by atoms with E-state index in [1.54, 1.807) is 11.3 Å². The van der Waals surface area contributed by atoms with E-state index in [4.69, 9.17) is 0 Å². The number of thiazole rings is 1. The van der Waals surface area contributed by atoms with Crippen molar-refractivity contribution >= 4 is 28.6 Å². The Morgan fingerprint density at radius 1 is 1.33 bits per heavy atom. The lowest BCUT2D eigenvalue weighted by atomic mass is 10.00. The number of rotatable bonds is 2. The number of carbonyl (C=O) groups is 1. The monoisotopic (exact) mass is 320 g/mol. The van der Waals surface area contributed by atoms with Gasteiger partial charge in [0.25, 0.3) is 5.91 Å². The lowest BCUT2D eigenvalue weighted by Gasteiger charge is -2.17. The number of likely N-dealkylation sites (tertiary alicyclic amines) is 1. The molecule has 0 radical (unpaired) electrons. The van der Waals surface area contributed by atoms with Crippen LogP contribution in [-0.2, 0) is 0 Å². The lowest BCUT2D eigenvalue weighted by Crippen LogP contribution is -2.31. The molecule has 4 rings (SSSR count). The zero-order valence-corrected chi connectivity index (χ0v) is 13.1. The summed E-state index contributed by atoms with van der Waals surface area (Å²) in [6.45, 7) is 1.45. The van der Waals surface area contributed by atoms with Crippen LogP contribution >= 0.6 is 22.7 Å². The van der Waals surface area contributed by atoms with Crippen LogP contribution in [0.4, 0.5) is 0 Å². The van der Waals surface area contributed by atoms with E-state index in [-0.39, 0.29) is 17.9 Å². The van der Waals surface area contributed by atoms with Gasteiger partial charge in [-0.1, -0.05) is 0 Å². The highest BCUT2D eigenvalue weighted by molar-refractivity contribution is 7.14. The van der Waals surface area contributed by atoms with E-state index in [2.05, 4.69) is 4.98 Å². The second-order valence-corrected chi connectivity index (χ2v) is 7.47. The SMILES string of the molecule is O=C(c1csc(-c2ccsc2)n1)N1CC2CCC(O)C2C1. The highest BCUT2D eigenvalue weighted by Crippen LogP contribution is 2.38. The van der Waals surface area contributed by atoms with Crippen molar-refractivity contribution in [2.45, 2.75) is 18.9 Å². The molecule has 1 saturated heterocycles. The molecule has 110 valence electrons. The molecule has 2 fully saturated rings. The number of amides is 1. The van der Waals surface area contributed by atoms with E-state index in [0.717, 1.165) is 30.0 Å². The Labute approximate surface area is 131 Å². The second kappa shape index (κ2) is 5.19. The predicted octanol–water partition coefficient (Wildman–Crippen LogP) is 2.71. The first-order chi connectivity index (χ1) is 10.2. The molecule has 1 N–H and O–H groups in total. The Morgan fingerprint density at radius 2 is 2.24 bits per heavy atom. The third-order valence-corrected chi connectivity index (χ3v) is 6.17. The standard InChI is InChI=1S/C15H16N2O2S2/c18-13-2-1-9-5-17(6-11(9)13)15(19)12-8-21-14(16-12)10-3-4-20-7-10/h3-4,7-9,11,13,18H,1-2,5-6H2. The minimum Gasteiger partial charge on any atom is -0.393 e. The maximum Gasteiger partial charge on any atom is 0.273 e. The van der Waals surface area contributed by atoms with Gasteiger partial charge >= 0.3 is 0 Å². The molecule has 6 heteroatoms. The number of thiophene rings is 1. The largest absolute Gasteiger partial charge is 0.393 e. The van der Waals surface area contributed by atoms with E-state index in [9.17, 15) is 9.90 Å². The first-order valence-electron chi connectivity index (χ1n) is 7.18. The average molecular weight is 320 g/mol. The fourth-order valence-electron chi connectivity index (χ4n) is 3.46. The van der Waals surface area contributed by atoms with Crippen LogP contribution in [0.25, 0.3) is 10.6 Å². The topological polar surface area (TPSA) is 53.4 Å². The number of fused-ring (bicyclic) bond motifs is 1. The summed E-state index contributed by atoms with van der Waals surface area (Å²) in [6.07, 6.45) is 1.69. The minimum absolute atomic E-state index is 0.00864. The zero-order chi connectivity index (χ0) is 14.4. The fourth-order valence-corrected chi connectivity index (χ4v) is 4.96. The van der Waals surface area contributed by atoms with Gasteiger partial charge in [0.1, 0.15) is 10.7 Å². The predicted molar refractivity (Wildman–Crippen MR) is 83.6 cm³/mol. The summed E-state index contributed by atoms with van der Waals surface area (Å²) in [6, 6.07) is 2.02. The van der Waals surface area contributed by atoms with Gasteiger partial charge in [-0.05, 0) is 30.2 Å². The van der Waals surface area contributed by atoms with Gasteiger partial charge in [-0.25, -0.2) is 4.98 Å². The van der Waals surface area contributed by atoms with E-state index in [1.807, 2.05) is 27.1 Å². The van der Waals surface area contributed by atoms with Crippen LogP contribution < -0.4 is 0 Å². The highest BCUT2D eigenvalue weighted by Gasteiger charge is 2.43. The van der Waals surface area contributed by atoms with E-state index in [1.165, 1.54) is 11.3 Å². The molecule has 4 nitrogen and oxygen atoms in total. The second-order valence-electron chi connectivity index (χ2n) is 5.83. The number of hydrogen-bond donors (Lipinski definition) is 1. The molecule has 0 spiro atoms. The Balaban J connectivity index is 1.51. The number of aromatic nitrogens is 1. The molecule has 3 unspecified atom stereocenters. The highest BCUT2D eigenvalue weighted by atomic mass is 32.1. The van der Waals surface area contributed by atoms with Gasteiger partial charge in [0.05, 0.1) is 6.10 Å². The van der Waals surface area contributed by atoms with Crippen LogP contribution in [0.5, 0.6) is 0 Å². The molecule has 0 aromatic carbocycles. The summed E-state index contributed by atoms with van der Waals surface area (Å²) in [5, 5.41) is 16.8. The number of aliphatic hydroxyl groups is 1. The summed E-state index contributed by atoms with van der Waals surface area (Å²) in [4.78, 5) is 18.9. The maximum atomic E-state index is 12.6. The molecule has 2 aliphatic rings. The van der Waals surface area contributed by atoms with Crippen LogP contribution in [0.1, 0.15) is 23.3 Å². The molecular formula is C15H16N2O2S2. The molecule has 2 aromatic rings. The smallest absolute Gasteiger partial charge is 0.273 e. The average Bonchev–Trinajstić information content (AvgIpc) is 3.25. The van der Waals surface area contributed by atoms with Crippen LogP contribution in [0, 0.1) is 11.8 Å². The molecular weight excluding hydrogens is 304 g/mol. The van der Waals surface area contributed by atoms with E-state index >= 15 is 0 Å². The van der Waals surface area contributed by atoms with Gasteiger partial charge in [0, 0.05) is 35.3 Å². The van der Waals surface area contributed by atoms with Crippen LogP contribution in [0.2, 0.25) is 0 Å². The molecule has 1 amide bonds. The molecule has 3 atom stereocenters.